The third-order valence-electron chi connectivity index (χ3n) is 5.34. The number of hydrogen-bond acceptors (Lipinski definition) is 5. The molecule has 0 aliphatic carbocycles. The van der Waals surface area contributed by atoms with E-state index in [9.17, 15) is 13.2 Å². The van der Waals surface area contributed by atoms with Gasteiger partial charge in [0.15, 0.2) is 5.17 Å². The number of rotatable bonds is 3. The summed E-state index contributed by atoms with van der Waals surface area (Å²) in [4.78, 5) is 14.9. The number of nitrogens with one attached hydrogen (secondary N) is 1. The fourth-order valence-corrected chi connectivity index (χ4v) is 5.20. The molecule has 158 valence electrons. The minimum absolute atomic E-state index is 0.0501. The molecule has 1 saturated heterocycles. The second-order valence-corrected chi connectivity index (χ2v) is 9.92. The van der Waals surface area contributed by atoms with Crippen LogP contribution in [-0.2, 0) is 14.8 Å². The number of nitrogens with zero attached hydrogens (tertiary/aromatic N) is 1. The standard InChI is InChI=1S/C24H17N3O3S2/c25-24-27(17-9-11-18(12-10-17)32(26,29)30)23(28)22(31-24)14-21-19-7-3-1-5-15(19)13-16-6-2-4-8-20(16)21/h1-14,25H,(H2,26,29,30)/b22-14-,25-24?. The Hall–Kier alpha value is -3.46. The number of fused-ring (bicyclic) bond motifs is 2. The maximum Gasteiger partial charge on any atom is 0.271 e. The summed E-state index contributed by atoms with van der Waals surface area (Å²) in [5.41, 5.74) is 1.33. The number of hydrogen-bond donors (Lipinski definition) is 2. The Labute approximate surface area is 188 Å². The zero-order valence-corrected chi connectivity index (χ0v) is 18.3. The normalized spacial score (nSPS) is 15.9. The van der Waals surface area contributed by atoms with Crippen LogP contribution in [0.4, 0.5) is 5.69 Å². The molecule has 1 aliphatic heterocycles. The number of amides is 1. The molecule has 0 unspecified atom stereocenters. The van der Waals surface area contributed by atoms with Gasteiger partial charge in [-0.2, -0.15) is 0 Å². The molecule has 1 aliphatic rings. The van der Waals surface area contributed by atoms with Crippen LogP contribution in [0.3, 0.4) is 0 Å². The van der Waals surface area contributed by atoms with Crippen molar-refractivity contribution in [2.75, 3.05) is 4.90 Å². The molecule has 3 N–H and O–H groups in total. The van der Waals surface area contributed by atoms with Gasteiger partial charge in [-0.3, -0.25) is 15.1 Å². The number of anilines is 1. The van der Waals surface area contributed by atoms with E-state index < -0.39 is 10.0 Å². The minimum Gasteiger partial charge on any atom is -0.278 e. The fraction of sp³-hybridized carbons (Fsp3) is 0. The third-order valence-corrected chi connectivity index (χ3v) is 7.15. The Morgan fingerprint density at radius 1 is 0.875 bits per heavy atom. The van der Waals surface area contributed by atoms with E-state index in [1.165, 1.54) is 29.2 Å². The first-order chi connectivity index (χ1) is 15.3. The summed E-state index contributed by atoms with van der Waals surface area (Å²) in [7, 11) is -3.84. The second kappa shape index (κ2) is 7.59. The van der Waals surface area contributed by atoms with E-state index in [-0.39, 0.29) is 16.0 Å². The van der Waals surface area contributed by atoms with Gasteiger partial charge in [-0.15, -0.1) is 0 Å². The Kier molecular flexibility index (Phi) is 4.85. The van der Waals surface area contributed by atoms with Crippen molar-refractivity contribution in [1.82, 2.24) is 0 Å². The molecule has 1 amide bonds. The largest absolute Gasteiger partial charge is 0.278 e. The van der Waals surface area contributed by atoms with E-state index in [0.29, 0.717) is 10.6 Å². The highest BCUT2D eigenvalue weighted by atomic mass is 32.2. The van der Waals surface area contributed by atoms with Gasteiger partial charge >= 0.3 is 0 Å². The van der Waals surface area contributed by atoms with E-state index in [2.05, 4.69) is 6.07 Å². The molecule has 0 saturated carbocycles. The maximum atomic E-state index is 13.2. The molecule has 0 bridgehead atoms. The first kappa shape index (κ1) is 20.4. The molecule has 32 heavy (non-hydrogen) atoms. The van der Waals surface area contributed by atoms with Crippen LogP contribution in [0, 0.1) is 5.41 Å². The molecule has 0 aromatic heterocycles. The first-order valence-corrected chi connectivity index (χ1v) is 12.0. The first-order valence-electron chi connectivity index (χ1n) is 9.69. The molecule has 6 nitrogen and oxygen atoms in total. The molecule has 4 aromatic rings. The van der Waals surface area contributed by atoms with Crippen LogP contribution in [0.2, 0.25) is 0 Å². The van der Waals surface area contributed by atoms with Gasteiger partial charge in [0.25, 0.3) is 5.91 Å². The van der Waals surface area contributed by atoms with E-state index >= 15 is 0 Å². The molecule has 5 rings (SSSR count). The lowest BCUT2D eigenvalue weighted by molar-refractivity contribution is -0.113. The highest BCUT2D eigenvalue weighted by Gasteiger charge is 2.34. The van der Waals surface area contributed by atoms with Crippen molar-refractivity contribution in [2.24, 2.45) is 5.14 Å². The van der Waals surface area contributed by atoms with Crippen molar-refractivity contribution in [3.63, 3.8) is 0 Å². The van der Waals surface area contributed by atoms with Crippen LogP contribution in [0.25, 0.3) is 27.6 Å². The second-order valence-electron chi connectivity index (χ2n) is 7.33. The van der Waals surface area contributed by atoms with Crippen molar-refractivity contribution >= 4 is 66.2 Å². The number of thioether (sulfide) groups is 1. The Morgan fingerprint density at radius 2 is 1.44 bits per heavy atom. The quantitative estimate of drug-likeness (QED) is 0.342. The molecule has 0 radical (unpaired) electrons. The van der Waals surface area contributed by atoms with Crippen LogP contribution >= 0.6 is 11.8 Å². The summed E-state index contributed by atoms with van der Waals surface area (Å²) in [6.07, 6.45) is 1.84. The van der Waals surface area contributed by atoms with Gasteiger partial charge in [0, 0.05) is 0 Å². The fourth-order valence-electron chi connectivity index (χ4n) is 3.84. The van der Waals surface area contributed by atoms with Gasteiger partial charge in [-0.05, 0) is 75.3 Å². The van der Waals surface area contributed by atoms with Crippen LogP contribution in [0.5, 0.6) is 0 Å². The average molecular weight is 460 g/mol. The van der Waals surface area contributed by atoms with E-state index in [0.717, 1.165) is 38.9 Å². The number of sulfonamides is 1. The maximum absolute atomic E-state index is 13.2. The van der Waals surface area contributed by atoms with E-state index in [1.807, 2.05) is 54.6 Å². The number of carbonyl (C=O) groups is 1. The van der Waals surface area contributed by atoms with Crippen LogP contribution in [-0.4, -0.2) is 19.5 Å². The number of amidine groups is 1. The van der Waals surface area contributed by atoms with Crippen molar-refractivity contribution in [1.29, 1.82) is 5.41 Å². The van der Waals surface area contributed by atoms with Crippen molar-refractivity contribution in [2.45, 2.75) is 4.90 Å². The lowest BCUT2D eigenvalue weighted by atomic mass is 9.96. The minimum atomic E-state index is -3.84. The number of primary sulfonamides is 1. The van der Waals surface area contributed by atoms with Crippen LogP contribution in [0.15, 0.2) is 88.7 Å². The zero-order chi connectivity index (χ0) is 22.5. The summed E-state index contributed by atoms with van der Waals surface area (Å²) >= 11 is 1.08. The number of nitrogens with two attached hydrogens (primary N) is 1. The van der Waals surface area contributed by atoms with Gasteiger partial charge in [-0.25, -0.2) is 13.6 Å². The summed E-state index contributed by atoms with van der Waals surface area (Å²) in [5, 5.41) is 17.7. The monoisotopic (exact) mass is 459 g/mol. The van der Waals surface area contributed by atoms with Crippen molar-refractivity contribution in [3.05, 3.63) is 89.3 Å². The van der Waals surface area contributed by atoms with Gasteiger partial charge < -0.3 is 0 Å². The molecule has 0 spiro atoms. The van der Waals surface area contributed by atoms with Gasteiger partial charge in [0.2, 0.25) is 10.0 Å². The zero-order valence-electron chi connectivity index (χ0n) is 16.6. The van der Waals surface area contributed by atoms with Gasteiger partial charge in [0.05, 0.1) is 15.5 Å². The average Bonchev–Trinajstić information content (AvgIpc) is 3.06. The number of carbonyl (C=O) groups excluding carboxylic acids is 1. The van der Waals surface area contributed by atoms with Gasteiger partial charge in [-0.1, -0.05) is 48.5 Å². The molecule has 0 atom stereocenters. The Bertz CT molecular complexity index is 1510. The molecular formula is C24H17N3O3S2. The van der Waals surface area contributed by atoms with Crippen LogP contribution < -0.4 is 10.0 Å². The lowest BCUT2D eigenvalue weighted by Gasteiger charge is -2.14. The third kappa shape index (κ3) is 3.48. The van der Waals surface area contributed by atoms with Crippen LogP contribution in [0.1, 0.15) is 5.56 Å². The Morgan fingerprint density at radius 3 is 2.00 bits per heavy atom. The molecule has 1 fully saturated rings. The summed E-state index contributed by atoms with van der Waals surface area (Å²) in [5.74, 6) is -0.333. The van der Waals surface area contributed by atoms with Crippen molar-refractivity contribution in [3.8, 4) is 0 Å². The topological polar surface area (TPSA) is 104 Å². The van der Waals surface area contributed by atoms with Crippen molar-refractivity contribution < 1.29 is 13.2 Å². The summed E-state index contributed by atoms with van der Waals surface area (Å²) in [6, 6.07) is 23.7. The predicted molar refractivity (Wildman–Crippen MR) is 130 cm³/mol. The molecule has 1 heterocycles. The molecule has 4 aromatic carbocycles. The highest BCUT2D eigenvalue weighted by molar-refractivity contribution is 8.19. The predicted octanol–water partition coefficient (Wildman–Crippen LogP) is 4.70. The molecule has 8 heteroatoms. The van der Waals surface area contributed by atoms with E-state index in [1.54, 1.807) is 0 Å². The summed E-state index contributed by atoms with van der Waals surface area (Å²) in [6.45, 7) is 0. The van der Waals surface area contributed by atoms with Gasteiger partial charge in [0.1, 0.15) is 0 Å². The Balaban J connectivity index is 1.61. The molecular weight excluding hydrogens is 442 g/mol. The summed E-state index contributed by atoms with van der Waals surface area (Å²) < 4.78 is 23.0. The smallest absolute Gasteiger partial charge is 0.271 e. The number of benzene rings is 4. The SMILES string of the molecule is N=C1S/C(=C\c2c3ccccc3cc3ccccc23)C(=O)N1c1ccc(S(N)(=O)=O)cc1. The lowest BCUT2D eigenvalue weighted by Crippen LogP contribution is -2.28. The highest BCUT2D eigenvalue weighted by Crippen LogP contribution is 2.38. The van der Waals surface area contributed by atoms with E-state index in [4.69, 9.17) is 10.5 Å².